The molecule has 0 saturated heterocycles. The Bertz CT molecular complexity index is 972. The number of fused-ring (bicyclic) bond motifs is 1. The van der Waals surface area contributed by atoms with Gasteiger partial charge in [-0.15, -0.1) is 0 Å². The van der Waals surface area contributed by atoms with E-state index in [-0.39, 0.29) is 41.8 Å². The summed E-state index contributed by atoms with van der Waals surface area (Å²) in [6, 6.07) is 5.12. The van der Waals surface area contributed by atoms with E-state index in [0.29, 0.717) is 21.1 Å². The lowest BCUT2D eigenvalue weighted by Crippen LogP contribution is -2.39. The van der Waals surface area contributed by atoms with Crippen LogP contribution in [0.4, 0.5) is 0 Å². The first kappa shape index (κ1) is 20.7. The lowest BCUT2D eigenvalue weighted by Gasteiger charge is -2.18. The Morgan fingerprint density at radius 3 is 2.75 bits per heavy atom. The minimum Gasteiger partial charge on any atom is -0.352 e. The van der Waals surface area contributed by atoms with Crippen molar-refractivity contribution in [3.8, 4) is 0 Å². The second kappa shape index (κ2) is 8.53. The molecular formula is C19H23ClN4O3S. The summed E-state index contributed by atoms with van der Waals surface area (Å²) in [5, 5.41) is 4.30. The van der Waals surface area contributed by atoms with Crippen molar-refractivity contribution in [3.05, 3.63) is 33.6 Å². The number of benzene rings is 1. The molecule has 1 aliphatic carbocycles. The number of nitrogens with zero attached hydrogens (tertiary/aromatic N) is 3. The maximum absolute atomic E-state index is 12.9. The molecule has 0 radical (unpaired) electrons. The molecule has 1 aromatic heterocycles. The maximum Gasteiger partial charge on any atom is 0.262 e. The van der Waals surface area contributed by atoms with Gasteiger partial charge in [-0.2, -0.15) is 0 Å². The Kier molecular flexibility index (Phi) is 6.30. The lowest BCUT2D eigenvalue weighted by molar-refractivity contribution is -0.132. The molecule has 1 saturated carbocycles. The van der Waals surface area contributed by atoms with Crippen molar-refractivity contribution in [2.45, 2.75) is 43.9 Å². The monoisotopic (exact) mass is 422 g/mol. The van der Waals surface area contributed by atoms with Crippen molar-refractivity contribution in [3.63, 3.8) is 0 Å². The summed E-state index contributed by atoms with van der Waals surface area (Å²) in [5.41, 5.74) is 0.338. The largest absolute Gasteiger partial charge is 0.352 e. The minimum absolute atomic E-state index is 0.0215. The van der Waals surface area contributed by atoms with Gasteiger partial charge in [0.1, 0.15) is 0 Å². The molecule has 0 atom stereocenters. The highest BCUT2D eigenvalue weighted by Gasteiger charge is 2.24. The normalized spacial score (nSPS) is 13.8. The molecular weight excluding hydrogens is 400 g/mol. The Balaban J connectivity index is 1.75. The molecule has 9 heteroatoms. The van der Waals surface area contributed by atoms with Crippen molar-refractivity contribution in [1.29, 1.82) is 0 Å². The Morgan fingerprint density at radius 2 is 2.11 bits per heavy atom. The van der Waals surface area contributed by atoms with Gasteiger partial charge in [0.25, 0.3) is 5.56 Å². The van der Waals surface area contributed by atoms with Gasteiger partial charge in [0.2, 0.25) is 11.8 Å². The van der Waals surface area contributed by atoms with E-state index in [1.165, 1.54) is 16.7 Å². The number of hydrogen-bond donors (Lipinski definition) is 1. The first-order chi connectivity index (χ1) is 13.3. The second-order valence-corrected chi connectivity index (χ2v) is 8.58. The fourth-order valence-electron chi connectivity index (χ4n) is 2.75. The molecule has 0 spiro atoms. The molecule has 7 nitrogen and oxygen atoms in total. The number of likely N-dealkylation sites (N-methyl/N-ethyl adjacent to an activating group) is 1. The number of rotatable bonds is 7. The van der Waals surface area contributed by atoms with Crippen LogP contribution < -0.4 is 10.9 Å². The van der Waals surface area contributed by atoms with E-state index < -0.39 is 0 Å². The number of carbonyl (C=O) groups excluding carboxylic acids is 2. The van der Waals surface area contributed by atoms with Gasteiger partial charge in [-0.05, 0) is 44.9 Å². The number of carbonyl (C=O) groups is 2. The van der Waals surface area contributed by atoms with Gasteiger partial charge < -0.3 is 10.2 Å². The maximum atomic E-state index is 12.9. The molecule has 2 aromatic rings. The van der Waals surface area contributed by atoms with Crippen LogP contribution in [0, 0.1) is 0 Å². The quantitative estimate of drug-likeness (QED) is 0.547. The highest BCUT2D eigenvalue weighted by molar-refractivity contribution is 7.99. The Hall–Kier alpha value is -2.06. The van der Waals surface area contributed by atoms with Crippen molar-refractivity contribution in [2.75, 3.05) is 19.3 Å². The average Bonchev–Trinajstić information content (AvgIpc) is 3.42. The second-order valence-electron chi connectivity index (χ2n) is 7.21. The molecule has 0 unspecified atom stereocenters. The van der Waals surface area contributed by atoms with E-state index in [1.807, 2.05) is 13.8 Å². The highest BCUT2D eigenvalue weighted by atomic mass is 35.5. The SMILES string of the molecule is CC(C)n1c(SCC(=O)N(C)CC(=O)NC2CC2)nc2cc(Cl)ccc2c1=O. The number of hydrogen-bond acceptors (Lipinski definition) is 5. The zero-order valence-corrected chi connectivity index (χ0v) is 17.6. The van der Waals surface area contributed by atoms with Crippen molar-refractivity contribution < 1.29 is 9.59 Å². The summed E-state index contributed by atoms with van der Waals surface area (Å²) in [4.78, 5) is 43.1. The van der Waals surface area contributed by atoms with Gasteiger partial charge in [-0.25, -0.2) is 4.98 Å². The van der Waals surface area contributed by atoms with Crippen LogP contribution >= 0.6 is 23.4 Å². The molecule has 2 amide bonds. The average molecular weight is 423 g/mol. The van der Waals surface area contributed by atoms with Gasteiger partial charge in [0.05, 0.1) is 23.2 Å². The first-order valence-electron chi connectivity index (χ1n) is 9.14. The number of thioether (sulfide) groups is 1. The van der Waals surface area contributed by atoms with E-state index in [4.69, 9.17) is 11.6 Å². The summed E-state index contributed by atoms with van der Waals surface area (Å²) >= 11 is 7.22. The van der Waals surface area contributed by atoms with E-state index in [2.05, 4.69) is 10.3 Å². The molecule has 0 bridgehead atoms. The Morgan fingerprint density at radius 1 is 1.39 bits per heavy atom. The fraction of sp³-hybridized carbons (Fsp3) is 0.474. The number of amides is 2. The van der Waals surface area contributed by atoms with Crippen LogP contribution in [0.15, 0.2) is 28.2 Å². The van der Waals surface area contributed by atoms with Gasteiger partial charge in [0.15, 0.2) is 5.16 Å². The molecule has 28 heavy (non-hydrogen) atoms. The summed E-state index contributed by atoms with van der Waals surface area (Å²) < 4.78 is 1.58. The predicted molar refractivity (Wildman–Crippen MR) is 111 cm³/mol. The molecule has 1 fully saturated rings. The van der Waals surface area contributed by atoms with Crippen molar-refractivity contribution >= 4 is 46.1 Å². The van der Waals surface area contributed by atoms with Crippen LogP contribution in [-0.4, -0.2) is 51.7 Å². The predicted octanol–water partition coefficient (Wildman–Crippen LogP) is 2.46. The van der Waals surface area contributed by atoms with Crippen LogP contribution in [0.2, 0.25) is 5.02 Å². The molecule has 3 rings (SSSR count). The Labute approximate surface area is 172 Å². The molecule has 1 aliphatic rings. The first-order valence-corrected chi connectivity index (χ1v) is 10.5. The van der Waals surface area contributed by atoms with E-state index in [1.54, 1.807) is 29.8 Å². The molecule has 150 valence electrons. The minimum atomic E-state index is -0.202. The highest BCUT2D eigenvalue weighted by Crippen LogP contribution is 2.23. The van der Waals surface area contributed by atoms with Crippen LogP contribution in [-0.2, 0) is 9.59 Å². The van der Waals surface area contributed by atoms with Crippen LogP contribution in [0.25, 0.3) is 10.9 Å². The topological polar surface area (TPSA) is 84.3 Å². The third-order valence-corrected chi connectivity index (χ3v) is 5.59. The van der Waals surface area contributed by atoms with Crippen LogP contribution in [0.5, 0.6) is 0 Å². The van der Waals surface area contributed by atoms with Crippen molar-refractivity contribution in [2.24, 2.45) is 0 Å². The number of aromatic nitrogens is 2. The smallest absolute Gasteiger partial charge is 0.262 e. The lowest BCUT2D eigenvalue weighted by atomic mass is 10.2. The van der Waals surface area contributed by atoms with Crippen LogP contribution in [0.3, 0.4) is 0 Å². The van der Waals surface area contributed by atoms with Gasteiger partial charge in [-0.1, -0.05) is 23.4 Å². The summed E-state index contributed by atoms with van der Waals surface area (Å²) in [6.45, 7) is 3.81. The van der Waals surface area contributed by atoms with E-state index in [9.17, 15) is 14.4 Å². The number of halogens is 1. The molecule has 0 aliphatic heterocycles. The van der Waals surface area contributed by atoms with Gasteiger partial charge in [-0.3, -0.25) is 19.0 Å². The summed E-state index contributed by atoms with van der Waals surface area (Å²) in [5.74, 6) is -0.272. The number of nitrogens with one attached hydrogen (secondary N) is 1. The molecule has 1 aromatic carbocycles. The summed E-state index contributed by atoms with van der Waals surface area (Å²) in [7, 11) is 1.60. The van der Waals surface area contributed by atoms with E-state index >= 15 is 0 Å². The molecule has 1 N–H and O–H groups in total. The zero-order chi connectivity index (χ0) is 20.4. The van der Waals surface area contributed by atoms with Gasteiger partial charge in [0, 0.05) is 24.2 Å². The van der Waals surface area contributed by atoms with Gasteiger partial charge >= 0.3 is 0 Å². The zero-order valence-electron chi connectivity index (χ0n) is 16.1. The summed E-state index contributed by atoms with van der Waals surface area (Å²) in [6.07, 6.45) is 2.01. The van der Waals surface area contributed by atoms with E-state index in [0.717, 1.165) is 12.8 Å². The third kappa shape index (κ3) is 4.86. The standard InChI is InChI=1S/C19H23ClN4O3S/c1-11(2)24-18(27)14-7-4-12(20)8-15(14)22-19(24)28-10-17(26)23(3)9-16(25)21-13-5-6-13/h4,7-8,11,13H,5-6,9-10H2,1-3H3,(H,21,25). The van der Waals surface area contributed by atoms with Crippen molar-refractivity contribution in [1.82, 2.24) is 19.8 Å². The third-order valence-electron chi connectivity index (χ3n) is 4.42. The fourth-order valence-corrected chi connectivity index (χ4v) is 3.98. The van der Waals surface area contributed by atoms with Crippen LogP contribution in [0.1, 0.15) is 32.7 Å². The molecule has 1 heterocycles.